The lowest BCUT2D eigenvalue weighted by atomic mass is 10.1. The molecule has 0 aliphatic rings. The summed E-state index contributed by atoms with van der Waals surface area (Å²) in [6.45, 7) is 2.87. The number of nitrogens with zero attached hydrogens (tertiary/aromatic N) is 2. The summed E-state index contributed by atoms with van der Waals surface area (Å²) in [5.74, 6) is 0.628. The van der Waals surface area contributed by atoms with Gasteiger partial charge in [-0.05, 0) is 36.2 Å². The summed E-state index contributed by atoms with van der Waals surface area (Å²) in [4.78, 5) is 2.19. The quantitative estimate of drug-likeness (QED) is 0.849. The lowest BCUT2D eigenvalue weighted by molar-refractivity contribution is 0.413. The molecule has 3 heteroatoms. The van der Waals surface area contributed by atoms with E-state index in [9.17, 15) is 0 Å². The molecule has 2 rings (SSSR count). The number of benzene rings is 2. The molecule has 0 saturated carbocycles. The standard InChI is InChI=1S/C17H18N2O/c1-13-6-4-5-7-16(13)19(2)12-14-8-9-15(11-18)17(10-14)20-3/h4-10H,12H2,1-3H3. The fourth-order valence-corrected chi connectivity index (χ4v) is 2.28. The molecule has 0 unspecified atom stereocenters. The van der Waals surface area contributed by atoms with E-state index < -0.39 is 0 Å². The maximum Gasteiger partial charge on any atom is 0.136 e. The molecular formula is C17H18N2O. The van der Waals surface area contributed by atoms with Crippen molar-refractivity contribution in [1.82, 2.24) is 0 Å². The lowest BCUT2D eigenvalue weighted by Crippen LogP contribution is -2.17. The van der Waals surface area contributed by atoms with Gasteiger partial charge in [0.1, 0.15) is 11.8 Å². The number of anilines is 1. The van der Waals surface area contributed by atoms with Crippen LogP contribution in [0.5, 0.6) is 5.75 Å². The molecule has 0 aliphatic heterocycles. The molecule has 20 heavy (non-hydrogen) atoms. The zero-order chi connectivity index (χ0) is 14.5. The van der Waals surface area contributed by atoms with E-state index in [0.717, 1.165) is 12.1 Å². The highest BCUT2D eigenvalue weighted by Gasteiger charge is 2.08. The zero-order valence-corrected chi connectivity index (χ0v) is 12.1. The highest BCUT2D eigenvalue weighted by molar-refractivity contribution is 5.53. The Balaban J connectivity index is 2.22. The molecule has 0 fully saturated rings. The van der Waals surface area contributed by atoms with Crippen LogP contribution in [-0.2, 0) is 6.54 Å². The Labute approximate surface area is 120 Å². The molecule has 0 N–H and O–H groups in total. The molecule has 0 aromatic heterocycles. The lowest BCUT2D eigenvalue weighted by Gasteiger charge is -2.21. The number of ether oxygens (including phenoxy) is 1. The van der Waals surface area contributed by atoms with E-state index in [1.54, 1.807) is 13.2 Å². The van der Waals surface area contributed by atoms with Crippen molar-refractivity contribution in [3.05, 3.63) is 59.2 Å². The van der Waals surface area contributed by atoms with Crippen molar-refractivity contribution in [3.8, 4) is 11.8 Å². The fourth-order valence-electron chi connectivity index (χ4n) is 2.28. The summed E-state index contributed by atoms with van der Waals surface area (Å²) in [5.41, 5.74) is 4.13. The highest BCUT2D eigenvalue weighted by atomic mass is 16.5. The molecule has 2 aromatic carbocycles. The summed E-state index contributed by atoms with van der Waals surface area (Å²) in [5, 5.41) is 9.00. The molecular weight excluding hydrogens is 248 g/mol. The molecule has 0 spiro atoms. The van der Waals surface area contributed by atoms with Crippen LogP contribution in [0.15, 0.2) is 42.5 Å². The molecule has 3 nitrogen and oxygen atoms in total. The van der Waals surface area contributed by atoms with Gasteiger partial charge in [0.2, 0.25) is 0 Å². The number of methoxy groups -OCH3 is 1. The SMILES string of the molecule is COc1cc(CN(C)c2ccccc2C)ccc1C#N. The maximum absolute atomic E-state index is 9.00. The van der Waals surface area contributed by atoms with Gasteiger partial charge in [-0.1, -0.05) is 24.3 Å². The Morgan fingerprint density at radius 1 is 1.20 bits per heavy atom. The predicted molar refractivity (Wildman–Crippen MR) is 81.0 cm³/mol. The van der Waals surface area contributed by atoms with Crippen LogP contribution in [0.3, 0.4) is 0 Å². The largest absolute Gasteiger partial charge is 0.495 e. The number of rotatable bonds is 4. The number of hydrogen-bond acceptors (Lipinski definition) is 3. The Bertz CT molecular complexity index is 644. The minimum Gasteiger partial charge on any atom is -0.495 e. The minimum atomic E-state index is 0.565. The van der Waals surface area contributed by atoms with E-state index in [-0.39, 0.29) is 0 Å². The third kappa shape index (κ3) is 2.92. The highest BCUT2D eigenvalue weighted by Crippen LogP contribution is 2.23. The zero-order valence-electron chi connectivity index (χ0n) is 12.1. The summed E-state index contributed by atoms with van der Waals surface area (Å²) in [6.07, 6.45) is 0. The van der Waals surface area contributed by atoms with E-state index in [2.05, 4.69) is 37.1 Å². The average Bonchev–Trinajstić information content (AvgIpc) is 2.47. The maximum atomic E-state index is 9.00. The van der Waals surface area contributed by atoms with Crippen LogP contribution in [-0.4, -0.2) is 14.2 Å². The Morgan fingerprint density at radius 3 is 2.60 bits per heavy atom. The predicted octanol–water partition coefficient (Wildman–Crippen LogP) is 3.51. The van der Waals surface area contributed by atoms with Crippen LogP contribution < -0.4 is 9.64 Å². The van der Waals surface area contributed by atoms with Crippen LogP contribution >= 0.6 is 0 Å². The van der Waals surface area contributed by atoms with Crippen molar-refractivity contribution in [2.45, 2.75) is 13.5 Å². The normalized spacial score (nSPS) is 9.90. The first-order chi connectivity index (χ1) is 9.65. The molecule has 0 radical (unpaired) electrons. The van der Waals surface area contributed by atoms with Gasteiger partial charge in [0, 0.05) is 19.3 Å². The fraction of sp³-hybridized carbons (Fsp3) is 0.235. The van der Waals surface area contributed by atoms with E-state index in [0.29, 0.717) is 11.3 Å². The summed E-state index contributed by atoms with van der Waals surface area (Å²) in [6, 6.07) is 16.1. The molecule has 2 aromatic rings. The van der Waals surface area contributed by atoms with E-state index >= 15 is 0 Å². The van der Waals surface area contributed by atoms with Crippen molar-refractivity contribution >= 4 is 5.69 Å². The van der Waals surface area contributed by atoms with Gasteiger partial charge < -0.3 is 9.64 Å². The smallest absolute Gasteiger partial charge is 0.136 e. The first-order valence-electron chi connectivity index (χ1n) is 6.49. The monoisotopic (exact) mass is 266 g/mol. The van der Waals surface area contributed by atoms with Crippen molar-refractivity contribution in [2.24, 2.45) is 0 Å². The molecule has 0 aliphatic carbocycles. The third-order valence-electron chi connectivity index (χ3n) is 3.33. The summed E-state index contributed by atoms with van der Waals surface area (Å²) >= 11 is 0. The number of para-hydroxylation sites is 1. The van der Waals surface area contributed by atoms with Gasteiger partial charge in [-0.15, -0.1) is 0 Å². The number of aryl methyl sites for hydroxylation is 1. The number of hydrogen-bond donors (Lipinski definition) is 0. The van der Waals surface area contributed by atoms with Gasteiger partial charge >= 0.3 is 0 Å². The van der Waals surface area contributed by atoms with Crippen molar-refractivity contribution in [1.29, 1.82) is 5.26 Å². The topological polar surface area (TPSA) is 36.3 Å². The first kappa shape index (κ1) is 14.0. The van der Waals surface area contributed by atoms with Crippen molar-refractivity contribution in [2.75, 3.05) is 19.1 Å². The van der Waals surface area contributed by atoms with Crippen LogP contribution in [0, 0.1) is 18.3 Å². The second-order valence-corrected chi connectivity index (χ2v) is 4.79. The number of nitriles is 1. The van der Waals surface area contributed by atoms with Crippen molar-refractivity contribution in [3.63, 3.8) is 0 Å². The van der Waals surface area contributed by atoms with Crippen molar-refractivity contribution < 1.29 is 4.74 Å². The molecule has 0 saturated heterocycles. The minimum absolute atomic E-state index is 0.565. The van der Waals surface area contributed by atoms with Gasteiger partial charge in [-0.3, -0.25) is 0 Å². The third-order valence-corrected chi connectivity index (χ3v) is 3.33. The molecule has 0 bridgehead atoms. The van der Waals surface area contributed by atoms with Gasteiger partial charge in [-0.2, -0.15) is 5.26 Å². The average molecular weight is 266 g/mol. The Kier molecular flexibility index (Phi) is 4.27. The second kappa shape index (κ2) is 6.12. The van der Waals surface area contributed by atoms with Crippen LogP contribution in [0.25, 0.3) is 0 Å². The first-order valence-corrected chi connectivity index (χ1v) is 6.49. The van der Waals surface area contributed by atoms with E-state index in [4.69, 9.17) is 10.00 Å². The summed E-state index contributed by atoms with van der Waals surface area (Å²) < 4.78 is 5.25. The molecule has 102 valence electrons. The van der Waals surface area contributed by atoms with Gasteiger partial charge in [-0.25, -0.2) is 0 Å². The Hall–Kier alpha value is -2.47. The van der Waals surface area contributed by atoms with Gasteiger partial charge in [0.15, 0.2) is 0 Å². The second-order valence-electron chi connectivity index (χ2n) is 4.79. The van der Waals surface area contributed by atoms with E-state index in [1.165, 1.54) is 11.3 Å². The molecule has 0 amide bonds. The van der Waals surface area contributed by atoms with Crippen LogP contribution in [0.4, 0.5) is 5.69 Å². The van der Waals surface area contributed by atoms with E-state index in [1.807, 2.05) is 24.3 Å². The van der Waals surface area contributed by atoms with Crippen LogP contribution in [0.2, 0.25) is 0 Å². The Morgan fingerprint density at radius 2 is 1.95 bits per heavy atom. The summed E-state index contributed by atoms with van der Waals surface area (Å²) in [7, 11) is 3.65. The van der Waals surface area contributed by atoms with Gasteiger partial charge in [0.05, 0.1) is 12.7 Å². The molecule has 0 heterocycles. The van der Waals surface area contributed by atoms with Crippen LogP contribution in [0.1, 0.15) is 16.7 Å². The van der Waals surface area contributed by atoms with Gasteiger partial charge in [0.25, 0.3) is 0 Å². The molecule has 0 atom stereocenters.